The molecule has 4 aromatic rings. The summed E-state index contributed by atoms with van der Waals surface area (Å²) in [6.07, 6.45) is 4.91. The lowest BCUT2D eigenvalue weighted by Gasteiger charge is -2.19. The quantitative estimate of drug-likeness (QED) is 0.517. The molecule has 0 fully saturated rings. The molecule has 30 heavy (non-hydrogen) atoms. The van der Waals surface area contributed by atoms with E-state index in [2.05, 4.69) is 10.1 Å². The van der Waals surface area contributed by atoms with Gasteiger partial charge in [0, 0.05) is 46.7 Å². The van der Waals surface area contributed by atoms with Crippen molar-refractivity contribution in [2.75, 3.05) is 0 Å². The number of fused-ring (bicyclic) bond motifs is 2. The maximum absolute atomic E-state index is 12.3. The van der Waals surface area contributed by atoms with Gasteiger partial charge in [-0.2, -0.15) is 5.10 Å². The maximum atomic E-state index is 12.3. The topological polar surface area (TPSA) is 81.7 Å². The summed E-state index contributed by atoms with van der Waals surface area (Å²) in [7, 11) is 0. The van der Waals surface area contributed by atoms with Crippen molar-refractivity contribution in [3.05, 3.63) is 54.1 Å². The summed E-state index contributed by atoms with van der Waals surface area (Å²) in [6.45, 7) is 9.27. The molecule has 0 spiro atoms. The van der Waals surface area contributed by atoms with Gasteiger partial charge in [-0.15, -0.1) is 0 Å². The average molecular weight is 406 g/mol. The SMILES string of the molecule is Cc1cc2ncc(-c3ccc4c(c3)c(C(C)O)cn4CC(=O)OC(C)(C)C)cn2n1. The third-order valence-corrected chi connectivity index (χ3v) is 4.85. The minimum Gasteiger partial charge on any atom is -0.459 e. The molecule has 0 saturated carbocycles. The van der Waals surface area contributed by atoms with E-state index in [0.29, 0.717) is 0 Å². The van der Waals surface area contributed by atoms with Crippen LogP contribution in [0, 0.1) is 6.92 Å². The molecular formula is C23H26N4O3. The van der Waals surface area contributed by atoms with E-state index in [1.165, 1.54) is 0 Å². The van der Waals surface area contributed by atoms with E-state index in [4.69, 9.17) is 4.74 Å². The molecule has 3 heterocycles. The first kappa shape index (κ1) is 20.1. The van der Waals surface area contributed by atoms with Crippen LogP contribution in [-0.4, -0.2) is 35.8 Å². The van der Waals surface area contributed by atoms with Gasteiger partial charge in [0.2, 0.25) is 0 Å². The fraction of sp³-hybridized carbons (Fsp3) is 0.348. The third-order valence-electron chi connectivity index (χ3n) is 4.85. The molecule has 1 aromatic carbocycles. The van der Waals surface area contributed by atoms with Crippen molar-refractivity contribution in [3.8, 4) is 11.1 Å². The van der Waals surface area contributed by atoms with Gasteiger partial charge in [0.1, 0.15) is 12.1 Å². The van der Waals surface area contributed by atoms with Crippen molar-refractivity contribution in [1.82, 2.24) is 19.2 Å². The molecule has 0 aliphatic carbocycles. The summed E-state index contributed by atoms with van der Waals surface area (Å²) in [5.74, 6) is -0.315. The number of rotatable bonds is 4. The highest BCUT2D eigenvalue weighted by molar-refractivity contribution is 5.89. The van der Waals surface area contributed by atoms with Crippen LogP contribution in [0.2, 0.25) is 0 Å². The number of benzene rings is 1. The number of aromatic nitrogens is 4. The molecule has 3 aromatic heterocycles. The lowest BCUT2D eigenvalue weighted by Crippen LogP contribution is -2.26. The molecule has 4 rings (SSSR count). The van der Waals surface area contributed by atoms with E-state index < -0.39 is 11.7 Å². The summed E-state index contributed by atoms with van der Waals surface area (Å²) >= 11 is 0. The number of aliphatic hydroxyl groups excluding tert-OH is 1. The Morgan fingerprint density at radius 3 is 2.67 bits per heavy atom. The van der Waals surface area contributed by atoms with Crippen LogP contribution in [0.15, 0.2) is 42.9 Å². The molecule has 0 saturated heterocycles. The van der Waals surface area contributed by atoms with Crippen molar-refractivity contribution in [1.29, 1.82) is 0 Å². The molecule has 0 amide bonds. The Labute approximate surface area is 174 Å². The molecule has 0 bridgehead atoms. The third kappa shape index (κ3) is 3.93. The van der Waals surface area contributed by atoms with Gasteiger partial charge in [0.25, 0.3) is 0 Å². The van der Waals surface area contributed by atoms with Gasteiger partial charge in [0.05, 0.1) is 11.8 Å². The van der Waals surface area contributed by atoms with Gasteiger partial charge in [-0.1, -0.05) is 6.07 Å². The fourth-order valence-corrected chi connectivity index (χ4v) is 3.63. The number of esters is 1. The Balaban J connectivity index is 1.75. The van der Waals surface area contributed by atoms with Gasteiger partial charge >= 0.3 is 5.97 Å². The van der Waals surface area contributed by atoms with Crippen LogP contribution < -0.4 is 0 Å². The van der Waals surface area contributed by atoms with E-state index >= 15 is 0 Å². The molecule has 1 unspecified atom stereocenters. The normalized spacial score (nSPS) is 13.1. The van der Waals surface area contributed by atoms with Crippen LogP contribution in [0.1, 0.15) is 45.1 Å². The van der Waals surface area contributed by atoms with Crippen LogP contribution in [0.25, 0.3) is 27.7 Å². The maximum Gasteiger partial charge on any atom is 0.326 e. The first-order valence-electron chi connectivity index (χ1n) is 9.96. The Bertz CT molecular complexity index is 1240. The van der Waals surface area contributed by atoms with Crippen molar-refractivity contribution in [2.45, 2.75) is 52.9 Å². The molecule has 7 heteroatoms. The zero-order chi connectivity index (χ0) is 21.6. The Morgan fingerprint density at radius 1 is 1.20 bits per heavy atom. The van der Waals surface area contributed by atoms with E-state index in [-0.39, 0.29) is 12.5 Å². The predicted octanol–water partition coefficient (Wildman–Crippen LogP) is 4.05. The van der Waals surface area contributed by atoms with Crippen molar-refractivity contribution in [3.63, 3.8) is 0 Å². The second-order valence-corrected chi connectivity index (χ2v) is 8.64. The number of ether oxygens (including phenoxy) is 1. The highest BCUT2D eigenvalue weighted by Crippen LogP contribution is 2.31. The number of aryl methyl sites for hydroxylation is 1. The monoisotopic (exact) mass is 406 g/mol. The first-order chi connectivity index (χ1) is 14.1. The van der Waals surface area contributed by atoms with Crippen molar-refractivity contribution < 1.29 is 14.6 Å². The van der Waals surface area contributed by atoms with Crippen LogP contribution >= 0.6 is 0 Å². The lowest BCUT2D eigenvalue weighted by atomic mass is 10.0. The number of carbonyl (C=O) groups excluding carboxylic acids is 1. The van der Waals surface area contributed by atoms with Crippen LogP contribution in [0.4, 0.5) is 0 Å². The highest BCUT2D eigenvalue weighted by atomic mass is 16.6. The predicted molar refractivity (Wildman–Crippen MR) is 115 cm³/mol. The van der Waals surface area contributed by atoms with E-state index in [9.17, 15) is 9.90 Å². The van der Waals surface area contributed by atoms with Gasteiger partial charge in [-0.3, -0.25) is 4.79 Å². The molecule has 7 nitrogen and oxygen atoms in total. The molecule has 1 N–H and O–H groups in total. The number of hydrogen-bond donors (Lipinski definition) is 1. The highest BCUT2D eigenvalue weighted by Gasteiger charge is 2.19. The van der Waals surface area contributed by atoms with Crippen LogP contribution in [-0.2, 0) is 16.1 Å². The van der Waals surface area contributed by atoms with Crippen LogP contribution in [0.3, 0.4) is 0 Å². The smallest absolute Gasteiger partial charge is 0.326 e. The Morgan fingerprint density at radius 2 is 1.97 bits per heavy atom. The number of hydrogen-bond acceptors (Lipinski definition) is 5. The minimum absolute atomic E-state index is 0.0832. The number of nitrogens with zero attached hydrogens (tertiary/aromatic N) is 4. The fourth-order valence-electron chi connectivity index (χ4n) is 3.63. The molecular weight excluding hydrogens is 380 g/mol. The van der Waals surface area contributed by atoms with Gasteiger partial charge in [-0.05, 0) is 52.3 Å². The van der Waals surface area contributed by atoms with E-state index in [1.807, 2.05) is 75.1 Å². The van der Waals surface area contributed by atoms with E-state index in [1.54, 1.807) is 11.4 Å². The largest absolute Gasteiger partial charge is 0.459 e. The summed E-state index contributed by atoms with van der Waals surface area (Å²) in [6, 6.07) is 7.88. The standard InChI is InChI=1S/C23H26N4O3/c1-14-8-21-24-10-17(11-27(21)25-14)16-6-7-20-18(9-16)19(15(2)28)12-26(20)13-22(29)30-23(3,4)5/h6-12,15,28H,13H2,1-5H3. The Kier molecular flexibility index (Phi) is 4.86. The van der Waals surface area contributed by atoms with E-state index in [0.717, 1.165) is 38.9 Å². The van der Waals surface area contributed by atoms with Gasteiger partial charge in [0.15, 0.2) is 5.65 Å². The molecule has 156 valence electrons. The zero-order valence-electron chi connectivity index (χ0n) is 17.9. The average Bonchev–Trinajstić information content (AvgIpc) is 3.18. The Hall–Kier alpha value is -3.19. The first-order valence-corrected chi connectivity index (χ1v) is 9.96. The van der Waals surface area contributed by atoms with Gasteiger partial charge in [-0.25, -0.2) is 9.50 Å². The van der Waals surface area contributed by atoms with Crippen molar-refractivity contribution in [2.24, 2.45) is 0 Å². The molecule has 1 atom stereocenters. The second-order valence-electron chi connectivity index (χ2n) is 8.64. The summed E-state index contributed by atoms with van der Waals surface area (Å²) in [5, 5.41) is 15.6. The number of carbonyl (C=O) groups is 1. The number of aliphatic hydroxyl groups is 1. The molecule has 0 aliphatic heterocycles. The minimum atomic E-state index is -0.669. The lowest BCUT2D eigenvalue weighted by molar-refractivity contribution is -0.155. The second kappa shape index (κ2) is 7.25. The summed E-state index contributed by atoms with van der Waals surface area (Å²) < 4.78 is 9.04. The summed E-state index contributed by atoms with van der Waals surface area (Å²) in [5.41, 5.74) is 4.67. The van der Waals surface area contributed by atoms with Crippen LogP contribution in [0.5, 0.6) is 0 Å². The van der Waals surface area contributed by atoms with Crippen molar-refractivity contribution >= 4 is 22.5 Å². The van der Waals surface area contributed by atoms with Gasteiger partial charge < -0.3 is 14.4 Å². The zero-order valence-corrected chi connectivity index (χ0v) is 17.9. The summed E-state index contributed by atoms with van der Waals surface area (Å²) in [4.78, 5) is 16.8. The molecule has 0 aliphatic rings. The molecule has 0 radical (unpaired) electrons.